The lowest BCUT2D eigenvalue weighted by atomic mass is 9.96. The van der Waals surface area contributed by atoms with Crippen molar-refractivity contribution in [3.8, 4) is 6.01 Å². The second kappa shape index (κ2) is 10.9. The molecule has 0 radical (unpaired) electrons. The number of alkyl halides is 5. The molecule has 1 saturated carbocycles. The van der Waals surface area contributed by atoms with Gasteiger partial charge < -0.3 is 15.0 Å². The molecule has 42 heavy (non-hydrogen) atoms. The summed E-state index contributed by atoms with van der Waals surface area (Å²) in [5, 5.41) is 3.38. The van der Waals surface area contributed by atoms with Crippen LogP contribution in [-0.4, -0.2) is 67.7 Å². The van der Waals surface area contributed by atoms with E-state index in [1.165, 1.54) is 17.0 Å². The number of hydrogen-bond acceptors (Lipinski definition) is 7. The number of rotatable bonds is 4. The van der Waals surface area contributed by atoms with Gasteiger partial charge >= 0.3 is 17.9 Å². The zero-order valence-electron chi connectivity index (χ0n) is 23.2. The van der Waals surface area contributed by atoms with Crippen molar-refractivity contribution in [3.63, 3.8) is 0 Å². The Morgan fingerprint density at radius 1 is 1.05 bits per heavy atom. The summed E-state index contributed by atoms with van der Waals surface area (Å²) in [6.45, 7) is 4.89. The molecule has 6 rings (SSSR count). The summed E-state index contributed by atoms with van der Waals surface area (Å²) in [6.07, 6.45) is -2.60. The molecule has 1 aromatic carbocycles. The summed E-state index contributed by atoms with van der Waals surface area (Å²) in [6, 6.07) is 3.96. The Balaban J connectivity index is 1.56. The van der Waals surface area contributed by atoms with E-state index in [-0.39, 0.29) is 72.5 Å². The van der Waals surface area contributed by atoms with Gasteiger partial charge in [-0.1, -0.05) is 0 Å². The van der Waals surface area contributed by atoms with Crippen molar-refractivity contribution >= 4 is 27.6 Å². The van der Waals surface area contributed by atoms with Gasteiger partial charge in [0.25, 0.3) is 0 Å². The molecule has 1 saturated heterocycles. The molecule has 14 heteroatoms. The van der Waals surface area contributed by atoms with E-state index in [2.05, 4.69) is 20.3 Å². The van der Waals surface area contributed by atoms with E-state index in [0.29, 0.717) is 23.5 Å². The van der Waals surface area contributed by atoms with Crippen LogP contribution in [0.5, 0.6) is 6.01 Å². The molecule has 8 nitrogen and oxygen atoms in total. The van der Waals surface area contributed by atoms with Crippen molar-refractivity contribution in [2.24, 2.45) is 0 Å². The number of benzene rings is 1. The normalized spacial score (nSPS) is 27.5. The number of piperazine rings is 1. The van der Waals surface area contributed by atoms with Crippen LogP contribution in [0, 0.1) is 0 Å². The Labute approximate surface area is 242 Å². The fourth-order valence-electron chi connectivity index (χ4n) is 6.50. The third-order valence-corrected chi connectivity index (χ3v) is 11.4. The number of aromatic nitrogens is 4. The van der Waals surface area contributed by atoms with Gasteiger partial charge in [-0.3, -0.25) is 4.57 Å². The number of anilines is 1. The molecule has 3 aliphatic rings. The van der Waals surface area contributed by atoms with Crippen LogP contribution >= 0.6 is 10.9 Å². The van der Waals surface area contributed by atoms with E-state index < -0.39 is 40.4 Å². The maximum absolute atomic E-state index is 14.4. The lowest BCUT2D eigenvalue weighted by molar-refractivity contribution is -0.137. The summed E-state index contributed by atoms with van der Waals surface area (Å²) in [5.74, 6) is -2.30. The minimum absolute atomic E-state index is 0.0231. The average Bonchev–Trinajstić information content (AvgIpc) is 3.08. The minimum atomic E-state index is -4.66. The molecule has 1 unspecified atom stereocenters. The first kappa shape index (κ1) is 29.1. The molecule has 1 aliphatic carbocycles. The number of ether oxygens (including phenoxy) is 1. The zero-order valence-corrected chi connectivity index (χ0v) is 24.1. The smallest absolute Gasteiger partial charge is 0.416 e. The first-order valence-electron chi connectivity index (χ1n) is 14.1. The third kappa shape index (κ3) is 5.79. The quantitative estimate of drug-likeness (QED) is 0.324. The van der Waals surface area contributed by atoms with Crippen LogP contribution in [0.2, 0.25) is 0 Å². The Morgan fingerprint density at radius 2 is 1.71 bits per heavy atom. The van der Waals surface area contributed by atoms with Gasteiger partial charge in [0.05, 0.1) is 17.6 Å². The highest BCUT2D eigenvalue weighted by molar-refractivity contribution is 8.17. The highest BCUT2D eigenvalue weighted by Gasteiger charge is 2.41. The molecular formula is C28H33F5N6O2S. The molecule has 228 valence electrons. The van der Waals surface area contributed by atoms with E-state index >= 15 is 0 Å². The van der Waals surface area contributed by atoms with Crippen LogP contribution in [-0.2, 0) is 12.7 Å². The van der Waals surface area contributed by atoms with Crippen molar-refractivity contribution in [1.29, 1.82) is 0 Å². The second-order valence-electron chi connectivity index (χ2n) is 11.6. The number of hydrogen-bond donors (Lipinski definition) is 2. The topological polar surface area (TPSA) is 85.2 Å². The van der Waals surface area contributed by atoms with Crippen LogP contribution in [0.1, 0.15) is 45.1 Å². The van der Waals surface area contributed by atoms with Gasteiger partial charge in [0, 0.05) is 66.4 Å². The predicted octanol–water partition coefficient (Wildman–Crippen LogP) is 4.79. The fraction of sp³-hybridized carbons (Fsp3) is 0.571. The average molecular weight is 613 g/mol. The standard InChI is InChI=1S/C28H33F5N6O2S/c1-16-12-38(13-17(2)36-16)24-21-10-18(28(31,32)33)11-22-23(21)39(26(40)37-24)14-19(41-25-34-8-3-9-35-25)15-42(22)20-4-6-27(29,30)7-5-20/h3,8-11,16-17,19-20,36,42H,4-7,12-15H2,1-2H3/t16-,17+,19-/m0/s1. The number of nitrogens with one attached hydrogen (secondary N) is 1. The molecule has 1 N–H and O–H groups in total. The van der Waals surface area contributed by atoms with Gasteiger partial charge in [-0.2, -0.15) is 18.2 Å². The Kier molecular flexibility index (Phi) is 7.57. The lowest BCUT2D eigenvalue weighted by Crippen LogP contribution is -2.55. The van der Waals surface area contributed by atoms with Crippen molar-refractivity contribution in [2.75, 3.05) is 23.7 Å². The first-order valence-corrected chi connectivity index (χ1v) is 15.7. The van der Waals surface area contributed by atoms with Crippen molar-refractivity contribution < 1.29 is 26.7 Å². The number of nitrogens with zero attached hydrogens (tertiary/aromatic N) is 5. The number of thiol groups is 1. The Hall–Kier alpha value is -3.00. The fourth-order valence-corrected chi connectivity index (χ4v) is 9.72. The SMILES string of the molecule is C[C@@H]1CN(c2nc(=O)n3c4c(cc(C(F)(F)F)cc24)[SH](C2CCC(F)(F)CC2)C[C@@H](Oc2ncccn2)C3)C[C@H](C)N1. The Bertz CT molecular complexity index is 1500. The molecule has 2 aliphatic heterocycles. The van der Waals surface area contributed by atoms with Crippen LogP contribution in [0.15, 0.2) is 40.3 Å². The molecule has 0 bridgehead atoms. The summed E-state index contributed by atoms with van der Waals surface area (Å²) < 4.78 is 79.2. The molecule has 0 amide bonds. The highest BCUT2D eigenvalue weighted by Crippen LogP contribution is 2.54. The zero-order chi connectivity index (χ0) is 29.8. The van der Waals surface area contributed by atoms with Crippen LogP contribution in [0.25, 0.3) is 10.9 Å². The summed E-state index contributed by atoms with van der Waals surface area (Å²) in [5.41, 5.74) is -1.04. The molecule has 0 spiro atoms. The predicted molar refractivity (Wildman–Crippen MR) is 151 cm³/mol. The van der Waals surface area contributed by atoms with Gasteiger partial charge in [0.2, 0.25) is 5.92 Å². The monoisotopic (exact) mass is 612 g/mol. The van der Waals surface area contributed by atoms with E-state index in [1.807, 2.05) is 18.7 Å². The van der Waals surface area contributed by atoms with Crippen LogP contribution in [0.4, 0.5) is 27.8 Å². The van der Waals surface area contributed by atoms with Gasteiger partial charge in [0.1, 0.15) is 11.9 Å². The summed E-state index contributed by atoms with van der Waals surface area (Å²) >= 11 is 0. The van der Waals surface area contributed by atoms with Crippen molar-refractivity contribution in [1.82, 2.24) is 24.8 Å². The highest BCUT2D eigenvalue weighted by atomic mass is 32.2. The van der Waals surface area contributed by atoms with Crippen molar-refractivity contribution in [3.05, 3.63) is 46.6 Å². The molecule has 2 aromatic heterocycles. The lowest BCUT2D eigenvalue weighted by Gasteiger charge is -2.38. The third-order valence-electron chi connectivity index (χ3n) is 8.26. The maximum atomic E-state index is 14.4. The second-order valence-corrected chi connectivity index (χ2v) is 14.1. The van der Waals surface area contributed by atoms with E-state index in [1.54, 1.807) is 6.07 Å². The van der Waals surface area contributed by atoms with Crippen LogP contribution < -0.4 is 20.6 Å². The molecule has 4 atom stereocenters. The van der Waals surface area contributed by atoms with E-state index in [9.17, 15) is 26.7 Å². The number of halogens is 5. The minimum Gasteiger partial charge on any atom is -0.457 e. The molecule has 4 heterocycles. The van der Waals surface area contributed by atoms with Crippen molar-refractivity contribution in [2.45, 2.75) is 86.5 Å². The van der Waals surface area contributed by atoms with Gasteiger partial charge in [-0.25, -0.2) is 34.4 Å². The van der Waals surface area contributed by atoms with Gasteiger partial charge in [-0.05, 0) is 50.1 Å². The summed E-state index contributed by atoms with van der Waals surface area (Å²) in [7, 11) is -1.45. The summed E-state index contributed by atoms with van der Waals surface area (Å²) in [4.78, 5) is 28.6. The van der Waals surface area contributed by atoms with Gasteiger partial charge in [-0.15, -0.1) is 0 Å². The maximum Gasteiger partial charge on any atom is 0.416 e. The molecular weight excluding hydrogens is 579 g/mol. The molecule has 2 fully saturated rings. The van der Waals surface area contributed by atoms with Gasteiger partial charge in [0.15, 0.2) is 0 Å². The molecule has 3 aromatic rings. The van der Waals surface area contributed by atoms with Crippen LogP contribution in [0.3, 0.4) is 0 Å². The largest absolute Gasteiger partial charge is 0.457 e. The first-order chi connectivity index (χ1) is 19.9. The van der Waals surface area contributed by atoms with E-state index in [0.717, 1.165) is 12.1 Å². The Morgan fingerprint density at radius 3 is 2.36 bits per heavy atom. The van der Waals surface area contributed by atoms with E-state index in [4.69, 9.17) is 4.74 Å².